The summed E-state index contributed by atoms with van der Waals surface area (Å²) in [6, 6.07) is 0. The Morgan fingerprint density at radius 2 is 1.18 bits per heavy atom. The van der Waals surface area contributed by atoms with Crippen LogP contribution in [0.2, 0.25) is 0 Å². The highest BCUT2D eigenvalue weighted by Gasteiger charge is 2.55. The van der Waals surface area contributed by atoms with Crippen LogP contribution in [0.1, 0.15) is 6.92 Å². The number of methoxy groups -OCH3 is 2. The van der Waals surface area contributed by atoms with Gasteiger partial charge in [0.25, 0.3) is 6.48 Å². The monoisotopic (exact) mass is 410 g/mol. The molecule has 2 N–H and O–H groups in total. The third kappa shape index (κ3) is 6.84. The second-order valence-corrected chi connectivity index (χ2v) is 6.74. The minimum absolute atomic E-state index is 0.265. The second-order valence-electron chi connectivity index (χ2n) is 6.74. The van der Waals surface area contributed by atoms with Gasteiger partial charge in [-0.25, -0.2) is 0 Å². The fourth-order valence-electron chi connectivity index (χ4n) is 3.39. The topological polar surface area (TPSA) is 114 Å². The number of aliphatic hydroxyl groups is 2. The van der Waals surface area contributed by atoms with E-state index in [0.29, 0.717) is 46.2 Å². The smallest absolute Gasteiger partial charge is 0.269 e. The fourth-order valence-corrected chi connectivity index (χ4v) is 3.39. The Labute approximate surface area is 165 Å². The highest BCUT2D eigenvalue weighted by molar-refractivity contribution is 5.01. The average molecular weight is 410 g/mol. The summed E-state index contributed by atoms with van der Waals surface area (Å²) < 4.78 is 43.3. The van der Waals surface area contributed by atoms with Gasteiger partial charge >= 0.3 is 0 Å². The molecule has 0 aromatic rings. The van der Waals surface area contributed by atoms with Crippen molar-refractivity contribution in [2.75, 3.05) is 67.1 Å². The molecule has 0 aromatic heterocycles. The molecule has 0 amide bonds. The first-order valence-electron chi connectivity index (χ1n) is 9.63. The van der Waals surface area contributed by atoms with E-state index >= 15 is 0 Å². The third-order valence-corrected chi connectivity index (χ3v) is 4.85. The van der Waals surface area contributed by atoms with E-state index in [1.165, 1.54) is 0 Å². The van der Waals surface area contributed by atoms with Crippen LogP contribution >= 0.6 is 0 Å². The summed E-state index contributed by atoms with van der Waals surface area (Å²) in [6.07, 6.45) is -3.21. The zero-order valence-corrected chi connectivity index (χ0v) is 16.9. The van der Waals surface area contributed by atoms with Crippen LogP contribution in [0.4, 0.5) is 0 Å². The Morgan fingerprint density at radius 3 is 1.75 bits per heavy atom. The van der Waals surface area contributed by atoms with E-state index in [2.05, 4.69) is 0 Å². The summed E-state index contributed by atoms with van der Waals surface area (Å²) in [6.45, 7) is 3.75. The quantitative estimate of drug-likeness (QED) is 0.351. The molecule has 28 heavy (non-hydrogen) atoms. The van der Waals surface area contributed by atoms with Crippen LogP contribution in [0.25, 0.3) is 0 Å². The van der Waals surface area contributed by atoms with Gasteiger partial charge in [-0.2, -0.15) is 0 Å². The van der Waals surface area contributed by atoms with Gasteiger partial charge in [-0.15, -0.1) is 0 Å². The molecular formula is C18H34O10. The first-order valence-corrected chi connectivity index (χ1v) is 9.63. The molecule has 1 saturated heterocycles. The van der Waals surface area contributed by atoms with E-state index in [0.717, 1.165) is 0 Å². The number of aliphatic hydroxyl groups excluding tert-OH is 2. The second kappa shape index (κ2) is 13.0. The minimum Gasteiger partial charge on any atom is -0.390 e. The molecule has 0 radical (unpaired) electrons. The largest absolute Gasteiger partial charge is 0.390 e. The Bertz CT molecular complexity index is 394. The molecule has 1 aliphatic carbocycles. The molecule has 2 rings (SSSR count). The molecule has 0 aromatic carbocycles. The van der Waals surface area contributed by atoms with Crippen LogP contribution in [0.5, 0.6) is 0 Å². The van der Waals surface area contributed by atoms with Gasteiger partial charge in [0.15, 0.2) is 0 Å². The predicted molar refractivity (Wildman–Crippen MR) is 95.8 cm³/mol. The van der Waals surface area contributed by atoms with E-state index in [1.54, 1.807) is 14.2 Å². The molecule has 2 aliphatic rings. The molecule has 2 bridgehead atoms. The van der Waals surface area contributed by atoms with Gasteiger partial charge in [0.2, 0.25) is 0 Å². The zero-order chi connectivity index (χ0) is 20.4. The average Bonchev–Trinajstić information content (AvgIpc) is 2.68. The van der Waals surface area contributed by atoms with Gasteiger partial charge < -0.3 is 48.1 Å². The zero-order valence-electron chi connectivity index (χ0n) is 16.9. The standard InChI is InChI=1S/C18H34O10/c1-12-13(19)15-16(26-11-9-24-7-5-22-3)17(28-18(20)27-15)14(12)25-10-8-23-6-4-21-2/h12-20H,4-11H2,1-3H3/t12?,13-,14?,15?,16?,17+,18?/m1/s1. The van der Waals surface area contributed by atoms with Gasteiger partial charge in [0.05, 0.1) is 65.1 Å². The Kier molecular flexibility index (Phi) is 11.1. The number of ether oxygens (including phenoxy) is 8. The van der Waals surface area contributed by atoms with Gasteiger partial charge in [-0.1, -0.05) is 6.92 Å². The van der Waals surface area contributed by atoms with Crippen LogP contribution in [0.15, 0.2) is 0 Å². The Balaban J connectivity index is 1.87. The van der Waals surface area contributed by atoms with Crippen molar-refractivity contribution in [1.82, 2.24) is 0 Å². The molecule has 1 aliphatic heterocycles. The van der Waals surface area contributed by atoms with Crippen molar-refractivity contribution in [1.29, 1.82) is 0 Å². The lowest BCUT2D eigenvalue weighted by molar-refractivity contribution is -0.407. The summed E-state index contributed by atoms with van der Waals surface area (Å²) in [4.78, 5) is 0. The van der Waals surface area contributed by atoms with Crippen molar-refractivity contribution in [2.24, 2.45) is 5.92 Å². The van der Waals surface area contributed by atoms with Crippen LogP contribution in [-0.4, -0.2) is 114 Å². The number of hydrogen-bond acceptors (Lipinski definition) is 10. The number of rotatable bonds is 14. The van der Waals surface area contributed by atoms with Crippen molar-refractivity contribution < 1.29 is 48.1 Å². The van der Waals surface area contributed by atoms with Crippen molar-refractivity contribution >= 4 is 0 Å². The molecule has 1 saturated carbocycles. The highest BCUT2D eigenvalue weighted by Crippen LogP contribution is 2.37. The van der Waals surface area contributed by atoms with Gasteiger partial charge in [-0.3, -0.25) is 0 Å². The Hall–Kier alpha value is -0.400. The first kappa shape index (κ1) is 23.9. The Morgan fingerprint density at radius 1 is 0.679 bits per heavy atom. The van der Waals surface area contributed by atoms with Crippen molar-refractivity contribution in [2.45, 2.75) is 43.9 Å². The van der Waals surface area contributed by atoms with Crippen LogP contribution in [0.3, 0.4) is 0 Å². The van der Waals surface area contributed by atoms with Crippen LogP contribution in [-0.2, 0) is 37.9 Å². The molecule has 7 atom stereocenters. The summed E-state index contributed by atoms with van der Waals surface area (Å²) in [5.74, 6) is -0.265. The SMILES string of the molecule is COCCOCCOC1C(C)[C@@H](O)C2OC(O)O[C@@H]1C2OCCOCCOC. The molecule has 2 fully saturated rings. The lowest BCUT2D eigenvalue weighted by Gasteiger charge is -2.51. The maximum atomic E-state index is 10.6. The summed E-state index contributed by atoms with van der Waals surface area (Å²) in [5.41, 5.74) is 0. The van der Waals surface area contributed by atoms with Crippen molar-refractivity contribution in [3.8, 4) is 0 Å². The van der Waals surface area contributed by atoms with Crippen LogP contribution < -0.4 is 0 Å². The summed E-state index contributed by atoms with van der Waals surface area (Å²) >= 11 is 0. The van der Waals surface area contributed by atoms with E-state index in [4.69, 9.17) is 37.9 Å². The summed E-state index contributed by atoms with van der Waals surface area (Å²) in [7, 11) is 3.21. The molecule has 10 heteroatoms. The number of fused-ring (bicyclic) bond motifs is 2. The van der Waals surface area contributed by atoms with E-state index < -0.39 is 37.0 Å². The fraction of sp³-hybridized carbons (Fsp3) is 1.00. The third-order valence-electron chi connectivity index (χ3n) is 4.85. The molecule has 10 nitrogen and oxygen atoms in total. The van der Waals surface area contributed by atoms with E-state index in [9.17, 15) is 10.2 Å². The molecule has 0 spiro atoms. The summed E-state index contributed by atoms with van der Waals surface area (Å²) in [5, 5.41) is 20.5. The first-order chi connectivity index (χ1) is 13.6. The highest BCUT2D eigenvalue weighted by atomic mass is 16.8. The van der Waals surface area contributed by atoms with E-state index in [-0.39, 0.29) is 12.5 Å². The molecule has 1 heterocycles. The molecular weight excluding hydrogens is 376 g/mol. The van der Waals surface area contributed by atoms with Gasteiger partial charge in [0.1, 0.15) is 18.3 Å². The van der Waals surface area contributed by atoms with Crippen molar-refractivity contribution in [3.63, 3.8) is 0 Å². The maximum absolute atomic E-state index is 10.6. The van der Waals surface area contributed by atoms with E-state index in [1.807, 2.05) is 6.92 Å². The lowest BCUT2D eigenvalue weighted by atomic mass is 9.78. The van der Waals surface area contributed by atoms with Crippen LogP contribution in [0, 0.1) is 5.92 Å². The number of hydrogen-bond donors (Lipinski definition) is 2. The lowest BCUT2D eigenvalue weighted by Crippen LogP contribution is -2.68. The molecule has 5 unspecified atom stereocenters. The van der Waals surface area contributed by atoms with Gasteiger partial charge in [0, 0.05) is 20.1 Å². The van der Waals surface area contributed by atoms with Gasteiger partial charge in [-0.05, 0) is 0 Å². The van der Waals surface area contributed by atoms with Crippen molar-refractivity contribution in [3.05, 3.63) is 0 Å². The maximum Gasteiger partial charge on any atom is 0.269 e. The molecule has 166 valence electrons. The minimum atomic E-state index is -1.43. The normalized spacial score (nSPS) is 35.2. The predicted octanol–water partition coefficient (Wildman–Crippen LogP) is -0.847.